The number of sulfonamides is 1. The Morgan fingerprint density at radius 1 is 1.21 bits per heavy atom. The first-order chi connectivity index (χ1) is 16.2. The van der Waals surface area contributed by atoms with Gasteiger partial charge >= 0.3 is 0 Å². The van der Waals surface area contributed by atoms with Crippen LogP contribution in [0.4, 0.5) is 8.78 Å². The van der Waals surface area contributed by atoms with Crippen molar-refractivity contribution in [2.45, 2.75) is 19.8 Å². The number of fused-ring (bicyclic) bond motifs is 1. The minimum absolute atomic E-state index is 0.0104. The van der Waals surface area contributed by atoms with E-state index >= 15 is 4.39 Å². The molecule has 34 heavy (non-hydrogen) atoms. The normalized spacial score (nSPS) is 14.6. The smallest absolute Gasteiger partial charge is 0.232 e. The van der Waals surface area contributed by atoms with Gasteiger partial charge in [0.25, 0.3) is 0 Å². The summed E-state index contributed by atoms with van der Waals surface area (Å²) in [4.78, 5) is 20.5. The van der Waals surface area contributed by atoms with Crippen LogP contribution >= 0.6 is 11.6 Å². The zero-order valence-corrected chi connectivity index (χ0v) is 19.6. The maximum atomic E-state index is 15.4. The van der Waals surface area contributed by atoms with Crippen LogP contribution < -0.4 is 4.72 Å². The number of hydrogen-bond donors (Lipinski definition) is 2. The van der Waals surface area contributed by atoms with Crippen LogP contribution in [0.1, 0.15) is 30.1 Å². The van der Waals surface area contributed by atoms with Crippen molar-refractivity contribution in [3.63, 3.8) is 0 Å². The van der Waals surface area contributed by atoms with E-state index in [2.05, 4.69) is 14.7 Å². The number of nitrogens with zero attached hydrogens (tertiary/aromatic N) is 1. The van der Waals surface area contributed by atoms with Crippen molar-refractivity contribution in [1.29, 1.82) is 0 Å². The van der Waals surface area contributed by atoms with Crippen molar-refractivity contribution in [2.75, 3.05) is 5.75 Å². The fourth-order valence-corrected chi connectivity index (χ4v) is 4.88. The molecule has 2 N–H and O–H groups in total. The summed E-state index contributed by atoms with van der Waals surface area (Å²) in [6, 6.07) is 8.69. The second-order valence-electron chi connectivity index (χ2n) is 7.69. The third-order valence-electron chi connectivity index (χ3n) is 5.23. The third-order valence-corrected chi connectivity index (χ3v) is 6.96. The first-order valence-corrected chi connectivity index (χ1v) is 12.5. The standard InChI is InChI=1S/C24H20ClF2N3O3S/c1-2-10-34(32,33)30-20-5-3-4-19(26)21(22(20)27)23(31)18-13-29-24-17(18)11-15(12-28-24)14-6-8-16(25)9-7-14/h3,5-9,11-13,30H,2,4,10H2,1H3,(H,28,29). The molecule has 0 saturated heterocycles. The van der Waals surface area contributed by atoms with Crippen molar-refractivity contribution in [3.05, 3.63) is 88.4 Å². The predicted molar refractivity (Wildman–Crippen MR) is 128 cm³/mol. The number of ketones is 1. The zero-order valence-electron chi connectivity index (χ0n) is 18.0. The van der Waals surface area contributed by atoms with Gasteiger partial charge in [-0.2, -0.15) is 0 Å². The van der Waals surface area contributed by atoms with E-state index in [9.17, 15) is 17.6 Å². The van der Waals surface area contributed by atoms with E-state index in [4.69, 9.17) is 11.6 Å². The third kappa shape index (κ3) is 4.80. The van der Waals surface area contributed by atoms with Crippen LogP contribution in [0.15, 0.2) is 77.8 Å². The molecular formula is C24H20ClF2N3O3S. The van der Waals surface area contributed by atoms with Crippen LogP contribution in [0.25, 0.3) is 22.2 Å². The fraction of sp³-hybridized carbons (Fsp3) is 0.167. The van der Waals surface area contributed by atoms with Gasteiger partial charge < -0.3 is 4.98 Å². The van der Waals surface area contributed by atoms with Gasteiger partial charge in [0.2, 0.25) is 15.8 Å². The summed E-state index contributed by atoms with van der Waals surface area (Å²) < 4.78 is 56.6. The van der Waals surface area contributed by atoms with Gasteiger partial charge in [0, 0.05) is 40.4 Å². The van der Waals surface area contributed by atoms with Gasteiger partial charge in [-0.05, 0) is 36.3 Å². The summed E-state index contributed by atoms with van der Waals surface area (Å²) in [5, 5.41) is 0.934. The van der Waals surface area contributed by atoms with Crippen molar-refractivity contribution in [3.8, 4) is 11.1 Å². The minimum Gasteiger partial charge on any atom is -0.345 e. The molecule has 0 aliphatic heterocycles. The molecule has 6 nitrogen and oxygen atoms in total. The molecule has 10 heteroatoms. The summed E-state index contributed by atoms with van der Waals surface area (Å²) in [6.07, 6.45) is 5.27. The topological polar surface area (TPSA) is 91.9 Å². The van der Waals surface area contributed by atoms with Crippen LogP contribution in [0.3, 0.4) is 0 Å². The number of pyridine rings is 1. The average Bonchev–Trinajstić information content (AvgIpc) is 3.16. The summed E-state index contributed by atoms with van der Waals surface area (Å²) in [6.45, 7) is 1.66. The number of hydrogen-bond acceptors (Lipinski definition) is 4. The lowest BCUT2D eigenvalue weighted by atomic mass is 9.99. The van der Waals surface area contributed by atoms with Crippen LogP contribution in [0.5, 0.6) is 0 Å². The Kier molecular flexibility index (Phi) is 6.67. The van der Waals surface area contributed by atoms with Gasteiger partial charge in [-0.15, -0.1) is 0 Å². The molecule has 0 saturated carbocycles. The SMILES string of the molecule is CCCS(=O)(=O)NC1=C(F)C(C(=O)c2c[nH]c3ncc(-c4ccc(Cl)cc4)cc23)=C(F)CC=C1. The second-order valence-corrected chi connectivity index (χ2v) is 9.97. The highest BCUT2D eigenvalue weighted by atomic mass is 35.5. The molecule has 0 fully saturated rings. The zero-order chi connectivity index (χ0) is 24.5. The van der Waals surface area contributed by atoms with E-state index in [0.717, 1.165) is 11.6 Å². The lowest BCUT2D eigenvalue weighted by Gasteiger charge is -2.11. The van der Waals surface area contributed by atoms with Crippen LogP contribution in [-0.2, 0) is 10.0 Å². The van der Waals surface area contributed by atoms with Gasteiger partial charge in [0.1, 0.15) is 11.5 Å². The molecule has 176 valence electrons. The Bertz CT molecular complexity index is 1470. The summed E-state index contributed by atoms with van der Waals surface area (Å²) in [5.41, 5.74) is 0.541. The van der Waals surface area contributed by atoms with E-state index in [0.29, 0.717) is 28.0 Å². The molecule has 0 amide bonds. The monoisotopic (exact) mass is 503 g/mol. The van der Waals surface area contributed by atoms with Crippen molar-refractivity contribution >= 4 is 38.4 Å². The second kappa shape index (κ2) is 9.52. The largest absolute Gasteiger partial charge is 0.345 e. The Hall–Kier alpha value is -3.30. The Labute approximate surface area is 200 Å². The number of allylic oxidation sites excluding steroid dienone is 5. The van der Waals surface area contributed by atoms with Crippen molar-refractivity contribution < 1.29 is 22.0 Å². The molecule has 3 aromatic rings. The van der Waals surface area contributed by atoms with Crippen molar-refractivity contribution in [1.82, 2.24) is 14.7 Å². The maximum absolute atomic E-state index is 15.4. The van der Waals surface area contributed by atoms with E-state index in [1.54, 1.807) is 43.5 Å². The number of halogens is 3. The molecule has 0 bridgehead atoms. The number of aromatic nitrogens is 2. The van der Waals surface area contributed by atoms with Gasteiger partial charge in [0.15, 0.2) is 5.83 Å². The highest BCUT2D eigenvalue weighted by molar-refractivity contribution is 7.89. The molecule has 2 aromatic heterocycles. The quantitative estimate of drug-likeness (QED) is 0.401. The molecule has 4 rings (SSSR count). The average molecular weight is 504 g/mol. The Morgan fingerprint density at radius 2 is 1.94 bits per heavy atom. The predicted octanol–water partition coefficient (Wildman–Crippen LogP) is 5.76. The molecule has 2 heterocycles. The number of Topliss-reactive ketones (excluding diaryl/α,β-unsaturated/α-hetero) is 1. The summed E-state index contributed by atoms with van der Waals surface area (Å²) in [5.74, 6) is -3.44. The molecular weight excluding hydrogens is 484 g/mol. The molecule has 1 aromatic carbocycles. The van der Waals surface area contributed by atoms with Gasteiger partial charge in [-0.3, -0.25) is 9.52 Å². The minimum atomic E-state index is -3.86. The van der Waals surface area contributed by atoms with Crippen LogP contribution in [-0.4, -0.2) is 29.9 Å². The summed E-state index contributed by atoms with van der Waals surface area (Å²) >= 11 is 5.95. The lowest BCUT2D eigenvalue weighted by molar-refractivity contribution is 0.103. The number of nitrogens with one attached hydrogen (secondary N) is 2. The molecule has 0 unspecified atom stereocenters. The molecule has 0 atom stereocenters. The number of aromatic amines is 1. The lowest BCUT2D eigenvalue weighted by Crippen LogP contribution is -2.26. The molecule has 1 aliphatic rings. The number of rotatable bonds is 7. The number of carbonyl (C=O) groups is 1. The first kappa shape index (κ1) is 23.8. The maximum Gasteiger partial charge on any atom is 0.232 e. The van der Waals surface area contributed by atoms with Crippen LogP contribution in [0.2, 0.25) is 5.02 Å². The van der Waals surface area contributed by atoms with Gasteiger partial charge in [0.05, 0.1) is 17.0 Å². The van der Waals surface area contributed by atoms with Crippen molar-refractivity contribution in [2.24, 2.45) is 0 Å². The van der Waals surface area contributed by atoms with E-state index in [-0.39, 0.29) is 17.7 Å². The fourth-order valence-electron chi connectivity index (χ4n) is 3.62. The Balaban J connectivity index is 1.77. The van der Waals surface area contributed by atoms with Crippen LogP contribution in [0, 0.1) is 0 Å². The molecule has 0 spiro atoms. The van der Waals surface area contributed by atoms with E-state index < -0.39 is 38.7 Å². The highest BCUT2D eigenvalue weighted by Crippen LogP contribution is 2.33. The van der Waals surface area contributed by atoms with Gasteiger partial charge in [-0.25, -0.2) is 22.2 Å². The number of benzene rings is 1. The molecule has 1 aliphatic carbocycles. The number of carbonyl (C=O) groups excluding carboxylic acids is 1. The van der Waals surface area contributed by atoms with Gasteiger partial charge in [-0.1, -0.05) is 36.7 Å². The Morgan fingerprint density at radius 3 is 2.65 bits per heavy atom. The highest BCUT2D eigenvalue weighted by Gasteiger charge is 2.29. The van der Waals surface area contributed by atoms with E-state index in [1.165, 1.54) is 12.3 Å². The van der Waals surface area contributed by atoms with E-state index in [1.807, 2.05) is 0 Å². The molecule has 0 radical (unpaired) electrons. The summed E-state index contributed by atoms with van der Waals surface area (Å²) in [7, 11) is -3.86. The first-order valence-electron chi connectivity index (χ1n) is 10.4. The number of H-pyrrole nitrogens is 1.